The van der Waals surface area contributed by atoms with Crippen molar-refractivity contribution in [2.75, 3.05) is 13.1 Å². The van der Waals surface area contributed by atoms with E-state index in [1.54, 1.807) is 12.1 Å². The summed E-state index contributed by atoms with van der Waals surface area (Å²) in [7, 11) is 0. The van der Waals surface area contributed by atoms with Crippen LogP contribution in [0.15, 0.2) is 72.8 Å². The number of ether oxygens (including phenoxy) is 2. The average molecular weight is 434 g/mol. The van der Waals surface area contributed by atoms with Crippen LogP contribution in [0.5, 0.6) is 11.5 Å². The highest BCUT2D eigenvalue weighted by Gasteiger charge is 2.23. The molecule has 5 heteroatoms. The number of hydrogen-bond acceptors (Lipinski definition) is 3. The van der Waals surface area contributed by atoms with Crippen molar-refractivity contribution in [1.29, 1.82) is 0 Å². The molecule has 0 radical (unpaired) electrons. The molecule has 3 aromatic carbocycles. The number of halogens is 1. The number of carbonyl (C=O) groups excluding carboxylic acids is 1. The summed E-state index contributed by atoms with van der Waals surface area (Å²) >= 11 is 0. The van der Waals surface area contributed by atoms with Crippen LogP contribution in [-0.4, -0.2) is 30.0 Å². The van der Waals surface area contributed by atoms with E-state index in [-0.39, 0.29) is 17.8 Å². The van der Waals surface area contributed by atoms with Crippen LogP contribution in [0.25, 0.3) is 11.1 Å². The fourth-order valence-corrected chi connectivity index (χ4v) is 3.91. The summed E-state index contributed by atoms with van der Waals surface area (Å²) in [6.45, 7) is 3.76. The van der Waals surface area contributed by atoms with E-state index < -0.39 is 0 Å². The number of piperidine rings is 1. The first-order chi connectivity index (χ1) is 15.6. The third kappa shape index (κ3) is 5.47. The normalized spacial score (nSPS) is 14.2. The Morgan fingerprint density at radius 1 is 0.969 bits per heavy atom. The van der Waals surface area contributed by atoms with Crippen molar-refractivity contribution in [3.05, 3.63) is 84.2 Å². The van der Waals surface area contributed by atoms with Crippen LogP contribution < -0.4 is 9.47 Å². The molecule has 3 aromatic rings. The summed E-state index contributed by atoms with van der Waals surface area (Å²) < 4.78 is 26.5. The minimum atomic E-state index is -0.322. The maximum atomic E-state index is 14.7. The summed E-state index contributed by atoms with van der Waals surface area (Å²) in [6, 6.07) is 22.2. The fourth-order valence-electron chi connectivity index (χ4n) is 3.91. The van der Waals surface area contributed by atoms with Gasteiger partial charge in [0, 0.05) is 44.0 Å². The highest BCUT2D eigenvalue weighted by Crippen LogP contribution is 2.29. The second kappa shape index (κ2) is 10.3. The number of benzene rings is 3. The molecule has 32 heavy (non-hydrogen) atoms. The van der Waals surface area contributed by atoms with Gasteiger partial charge in [0.1, 0.15) is 30.0 Å². The molecule has 166 valence electrons. The minimum Gasteiger partial charge on any atom is -0.490 e. The molecule has 0 N–H and O–H groups in total. The van der Waals surface area contributed by atoms with E-state index in [9.17, 15) is 9.18 Å². The lowest BCUT2D eigenvalue weighted by molar-refractivity contribution is -0.132. The van der Waals surface area contributed by atoms with Gasteiger partial charge in [0.2, 0.25) is 5.91 Å². The van der Waals surface area contributed by atoms with Gasteiger partial charge in [-0.25, -0.2) is 4.39 Å². The molecule has 1 aliphatic heterocycles. The first kappa shape index (κ1) is 21.9. The predicted octanol–water partition coefficient (Wildman–Crippen LogP) is 5.85. The van der Waals surface area contributed by atoms with Crippen molar-refractivity contribution in [2.45, 2.75) is 38.9 Å². The van der Waals surface area contributed by atoms with Gasteiger partial charge in [0.05, 0.1) is 0 Å². The molecular formula is C27H28FNO3. The Morgan fingerprint density at radius 3 is 2.31 bits per heavy atom. The standard InChI is InChI=1S/C27H28FNO3/c1-2-27(30)29-16-14-23(15-17-29)32-22-10-8-21(9-11-22)25-13-12-24(18-26(25)28)31-19-20-6-4-3-5-7-20/h3-13,18,23H,2,14-17,19H2,1H3. The zero-order valence-corrected chi connectivity index (χ0v) is 18.3. The first-order valence-electron chi connectivity index (χ1n) is 11.1. The molecule has 4 rings (SSSR count). The fraction of sp³-hybridized carbons (Fsp3) is 0.296. The molecule has 0 unspecified atom stereocenters. The van der Waals surface area contributed by atoms with Gasteiger partial charge < -0.3 is 14.4 Å². The summed E-state index contributed by atoms with van der Waals surface area (Å²) in [4.78, 5) is 13.7. The summed E-state index contributed by atoms with van der Waals surface area (Å²) in [6.07, 6.45) is 2.29. The van der Waals surface area contributed by atoms with E-state index in [1.807, 2.05) is 66.4 Å². The van der Waals surface area contributed by atoms with Crippen molar-refractivity contribution in [3.63, 3.8) is 0 Å². The van der Waals surface area contributed by atoms with Gasteiger partial charge >= 0.3 is 0 Å². The van der Waals surface area contributed by atoms with Crippen LogP contribution in [0.3, 0.4) is 0 Å². The lowest BCUT2D eigenvalue weighted by atomic mass is 10.0. The lowest BCUT2D eigenvalue weighted by Crippen LogP contribution is -2.41. The summed E-state index contributed by atoms with van der Waals surface area (Å²) in [5, 5.41) is 0. The topological polar surface area (TPSA) is 38.8 Å². The van der Waals surface area contributed by atoms with E-state index in [2.05, 4.69) is 0 Å². The van der Waals surface area contributed by atoms with Crippen LogP contribution in [-0.2, 0) is 11.4 Å². The third-order valence-corrected chi connectivity index (χ3v) is 5.75. The SMILES string of the molecule is CCC(=O)N1CCC(Oc2ccc(-c3ccc(OCc4ccccc4)cc3F)cc2)CC1. The van der Waals surface area contributed by atoms with E-state index in [1.165, 1.54) is 6.07 Å². The maximum absolute atomic E-state index is 14.7. The highest BCUT2D eigenvalue weighted by molar-refractivity contribution is 5.75. The van der Waals surface area contributed by atoms with Crippen LogP contribution in [0, 0.1) is 5.82 Å². The second-order valence-electron chi connectivity index (χ2n) is 7.99. The molecule has 0 atom stereocenters. The Morgan fingerprint density at radius 2 is 1.66 bits per heavy atom. The Bertz CT molecular complexity index is 1030. The average Bonchev–Trinajstić information content (AvgIpc) is 2.84. The molecule has 0 aliphatic carbocycles. The number of likely N-dealkylation sites (tertiary alicyclic amines) is 1. The Labute approximate surface area is 188 Å². The van der Waals surface area contributed by atoms with Crippen LogP contribution in [0.1, 0.15) is 31.7 Å². The highest BCUT2D eigenvalue weighted by atomic mass is 19.1. The van der Waals surface area contributed by atoms with Gasteiger partial charge in [0.25, 0.3) is 0 Å². The van der Waals surface area contributed by atoms with E-state index in [0.717, 1.165) is 42.8 Å². The second-order valence-corrected chi connectivity index (χ2v) is 7.99. The third-order valence-electron chi connectivity index (χ3n) is 5.75. The minimum absolute atomic E-state index is 0.0968. The number of nitrogens with zero attached hydrogens (tertiary/aromatic N) is 1. The Kier molecular flexibility index (Phi) is 7.05. The number of hydrogen-bond donors (Lipinski definition) is 0. The van der Waals surface area contributed by atoms with E-state index in [4.69, 9.17) is 9.47 Å². The molecule has 1 fully saturated rings. The van der Waals surface area contributed by atoms with Gasteiger partial charge in [0.15, 0.2) is 0 Å². The van der Waals surface area contributed by atoms with Gasteiger partial charge in [-0.15, -0.1) is 0 Å². The molecule has 0 aromatic heterocycles. The van der Waals surface area contributed by atoms with Gasteiger partial charge in [-0.3, -0.25) is 4.79 Å². The molecule has 4 nitrogen and oxygen atoms in total. The molecule has 1 aliphatic rings. The van der Waals surface area contributed by atoms with Crippen LogP contribution in [0.4, 0.5) is 4.39 Å². The van der Waals surface area contributed by atoms with Gasteiger partial charge in [-0.05, 0) is 35.4 Å². The van der Waals surface area contributed by atoms with Crippen molar-refractivity contribution < 1.29 is 18.7 Å². The van der Waals surface area contributed by atoms with E-state index >= 15 is 0 Å². The zero-order valence-electron chi connectivity index (χ0n) is 18.3. The monoisotopic (exact) mass is 433 g/mol. The van der Waals surface area contributed by atoms with Crippen molar-refractivity contribution >= 4 is 5.91 Å². The van der Waals surface area contributed by atoms with Crippen molar-refractivity contribution in [2.24, 2.45) is 0 Å². The molecule has 1 heterocycles. The van der Waals surface area contributed by atoms with Crippen LogP contribution >= 0.6 is 0 Å². The van der Waals surface area contributed by atoms with Crippen LogP contribution in [0.2, 0.25) is 0 Å². The van der Waals surface area contributed by atoms with Crippen molar-refractivity contribution in [3.8, 4) is 22.6 Å². The Balaban J connectivity index is 1.34. The Hall–Kier alpha value is -3.34. The van der Waals surface area contributed by atoms with Gasteiger partial charge in [-0.2, -0.15) is 0 Å². The number of amides is 1. The van der Waals surface area contributed by atoms with E-state index in [0.29, 0.717) is 24.3 Å². The summed E-state index contributed by atoms with van der Waals surface area (Å²) in [5.41, 5.74) is 2.35. The molecule has 0 bridgehead atoms. The largest absolute Gasteiger partial charge is 0.490 e. The maximum Gasteiger partial charge on any atom is 0.222 e. The lowest BCUT2D eigenvalue weighted by Gasteiger charge is -2.32. The molecular weight excluding hydrogens is 405 g/mol. The number of carbonyl (C=O) groups is 1. The van der Waals surface area contributed by atoms with Gasteiger partial charge in [-0.1, -0.05) is 49.4 Å². The molecule has 1 saturated heterocycles. The number of rotatable bonds is 7. The quantitative estimate of drug-likeness (QED) is 0.469. The molecule has 0 spiro atoms. The molecule has 0 saturated carbocycles. The smallest absolute Gasteiger partial charge is 0.222 e. The predicted molar refractivity (Wildman–Crippen MR) is 123 cm³/mol. The zero-order chi connectivity index (χ0) is 22.3. The molecule has 1 amide bonds. The summed E-state index contributed by atoms with van der Waals surface area (Å²) in [5.74, 6) is 1.14. The van der Waals surface area contributed by atoms with Crippen molar-refractivity contribution in [1.82, 2.24) is 4.90 Å². The first-order valence-corrected chi connectivity index (χ1v) is 11.1.